The number of hydrogen-bond donors (Lipinski definition) is 1. The minimum Gasteiger partial charge on any atom is -0.497 e. The average Bonchev–Trinajstić information content (AvgIpc) is 2.53. The predicted octanol–water partition coefficient (Wildman–Crippen LogP) is 2.88. The van der Waals surface area contributed by atoms with Gasteiger partial charge in [-0.2, -0.15) is 0 Å². The molecular weight excluding hydrogens is 260 g/mol. The van der Waals surface area contributed by atoms with Gasteiger partial charge in [0.2, 0.25) is 0 Å². The van der Waals surface area contributed by atoms with Crippen LogP contribution in [0.25, 0.3) is 0 Å². The minimum absolute atomic E-state index is 0.918. The van der Waals surface area contributed by atoms with Crippen LogP contribution in [0.1, 0.15) is 16.7 Å². The molecule has 0 radical (unpaired) electrons. The first-order valence-electron chi connectivity index (χ1n) is 7.48. The first-order chi connectivity index (χ1) is 10.3. The van der Waals surface area contributed by atoms with E-state index < -0.39 is 0 Å². The van der Waals surface area contributed by atoms with Crippen molar-refractivity contribution in [2.75, 3.05) is 25.9 Å². The van der Waals surface area contributed by atoms with Crippen LogP contribution in [0.3, 0.4) is 0 Å². The molecule has 3 nitrogen and oxygen atoms in total. The Balaban J connectivity index is 1.59. The third-order valence-electron chi connectivity index (χ3n) is 4.26. The largest absolute Gasteiger partial charge is 0.497 e. The summed E-state index contributed by atoms with van der Waals surface area (Å²) >= 11 is 0. The molecule has 0 spiro atoms. The minimum atomic E-state index is 0.918. The van der Waals surface area contributed by atoms with E-state index >= 15 is 0 Å². The quantitative estimate of drug-likeness (QED) is 0.876. The molecule has 0 saturated carbocycles. The molecule has 1 heterocycles. The summed E-state index contributed by atoms with van der Waals surface area (Å²) in [6, 6.07) is 14.6. The Bertz CT molecular complexity index is 607. The number of benzene rings is 2. The van der Waals surface area contributed by atoms with Crippen LogP contribution in [0.15, 0.2) is 42.5 Å². The second-order valence-corrected chi connectivity index (χ2v) is 5.61. The SMILES string of the molecule is COc1ccc(CCN2CCc3c(N)cccc3C2)cc1. The second-order valence-electron chi connectivity index (χ2n) is 5.61. The lowest BCUT2D eigenvalue weighted by Gasteiger charge is -2.29. The van der Waals surface area contributed by atoms with Crippen LogP contribution in [0.5, 0.6) is 5.75 Å². The molecule has 2 aromatic rings. The monoisotopic (exact) mass is 282 g/mol. The summed E-state index contributed by atoms with van der Waals surface area (Å²) in [5, 5.41) is 0. The Morgan fingerprint density at radius 1 is 1.14 bits per heavy atom. The number of nitrogens with two attached hydrogens (primary N) is 1. The van der Waals surface area contributed by atoms with Crippen LogP contribution >= 0.6 is 0 Å². The van der Waals surface area contributed by atoms with Crippen molar-refractivity contribution in [1.29, 1.82) is 0 Å². The molecule has 0 saturated heterocycles. The highest BCUT2D eigenvalue weighted by Gasteiger charge is 2.17. The van der Waals surface area contributed by atoms with E-state index in [0.29, 0.717) is 0 Å². The first-order valence-corrected chi connectivity index (χ1v) is 7.48. The van der Waals surface area contributed by atoms with Crippen LogP contribution in [0, 0.1) is 0 Å². The lowest BCUT2D eigenvalue weighted by Crippen LogP contribution is -2.32. The van der Waals surface area contributed by atoms with Crippen molar-refractivity contribution in [3.05, 3.63) is 59.2 Å². The van der Waals surface area contributed by atoms with Gasteiger partial charge in [-0.05, 0) is 47.7 Å². The number of methoxy groups -OCH3 is 1. The predicted molar refractivity (Wildman–Crippen MR) is 86.5 cm³/mol. The number of fused-ring (bicyclic) bond motifs is 1. The molecule has 2 aromatic carbocycles. The van der Waals surface area contributed by atoms with Crippen LogP contribution in [-0.4, -0.2) is 25.1 Å². The molecule has 0 atom stereocenters. The molecule has 0 aromatic heterocycles. The number of nitrogen functional groups attached to an aromatic ring is 1. The van der Waals surface area contributed by atoms with E-state index in [1.807, 2.05) is 18.2 Å². The molecule has 0 aliphatic carbocycles. The Kier molecular flexibility index (Phi) is 4.11. The van der Waals surface area contributed by atoms with E-state index in [1.54, 1.807) is 7.11 Å². The smallest absolute Gasteiger partial charge is 0.118 e. The standard InChI is InChI=1S/C18H22N2O/c1-21-16-7-5-14(6-8-16)9-11-20-12-10-17-15(13-20)3-2-4-18(17)19/h2-8H,9-13,19H2,1H3. The molecule has 0 bridgehead atoms. The summed E-state index contributed by atoms with van der Waals surface area (Å²) in [5.74, 6) is 0.918. The summed E-state index contributed by atoms with van der Waals surface area (Å²) in [6.07, 6.45) is 2.13. The number of rotatable bonds is 4. The molecule has 0 amide bonds. The van der Waals surface area contributed by atoms with Crippen molar-refractivity contribution in [3.8, 4) is 5.75 Å². The molecule has 3 heteroatoms. The van der Waals surface area contributed by atoms with E-state index in [1.165, 1.54) is 16.7 Å². The molecule has 0 unspecified atom stereocenters. The summed E-state index contributed by atoms with van der Waals surface area (Å²) in [7, 11) is 1.70. The Hall–Kier alpha value is -2.00. The van der Waals surface area contributed by atoms with E-state index in [0.717, 1.165) is 43.9 Å². The fourth-order valence-electron chi connectivity index (χ4n) is 2.97. The molecule has 0 fully saturated rings. The first kappa shape index (κ1) is 14.0. The molecule has 21 heavy (non-hydrogen) atoms. The van der Waals surface area contributed by atoms with Gasteiger partial charge in [-0.1, -0.05) is 24.3 Å². The number of hydrogen-bond acceptors (Lipinski definition) is 3. The van der Waals surface area contributed by atoms with Gasteiger partial charge < -0.3 is 10.5 Å². The molecule has 110 valence electrons. The molecule has 1 aliphatic rings. The van der Waals surface area contributed by atoms with Crippen molar-refractivity contribution in [3.63, 3.8) is 0 Å². The molecule has 2 N–H and O–H groups in total. The van der Waals surface area contributed by atoms with Crippen LogP contribution in [0.2, 0.25) is 0 Å². The Morgan fingerprint density at radius 2 is 1.95 bits per heavy atom. The normalized spacial score (nSPS) is 14.7. The van der Waals surface area contributed by atoms with Gasteiger partial charge >= 0.3 is 0 Å². The molecule has 1 aliphatic heterocycles. The van der Waals surface area contributed by atoms with Crippen molar-refractivity contribution < 1.29 is 4.74 Å². The second kappa shape index (κ2) is 6.19. The van der Waals surface area contributed by atoms with Gasteiger partial charge in [-0.25, -0.2) is 0 Å². The van der Waals surface area contributed by atoms with Gasteiger partial charge in [0.1, 0.15) is 5.75 Å². The van der Waals surface area contributed by atoms with Crippen molar-refractivity contribution in [1.82, 2.24) is 4.90 Å². The van der Waals surface area contributed by atoms with Crippen LogP contribution < -0.4 is 10.5 Å². The third kappa shape index (κ3) is 3.19. The molecular formula is C18H22N2O. The lowest BCUT2D eigenvalue weighted by molar-refractivity contribution is 0.257. The lowest BCUT2D eigenvalue weighted by atomic mass is 9.97. The maximum Gasteiger partial charge on any atom is 0.118 e. The zero-order chi connectivity index (χ0) is 14.7. The van der Waals surface area contributed by atoms with Gasteiger partial charge in [0.15, 0.2) is 0 Å². The zero-order valence-corrected chi connectivity index (χ0v) is 12.5. The Labute approximate surface area is 126 Å². The van der Waals surface area contributed by atoms with Gasteiger partial charge in [0.05, 0.1) is 7.11 Å². The number of ether oxygens (including phenoxy) is 1. The molecule has 3 rings (SSSR count). The third-order valence-corrected chi connectivity index (χ3v) is 4.26. The van der Waals surface area contributed by atoms with Crippen LogP contribution in [-0.2, 0) is 19.4 Å². The van der Waals surface area contributed by atoms with Gasteiger partial charge in [-0.15, -0.1) is 0 Å². The summed E-state index contributed by atoms with van der Waals surface area (Å²) in [4.78, 5) is 2.51. The van der Waals surface area contributed by atoms with Crippen molar-refractivity contribution in [2.24, 2.45) is 0 Å². The topological polar surface area (TPSA) is 38.5 Å². The van der Waals surface area contributed by atoms with E-state index in [9.17, 15) is 0 Å². The summed E-state index contributed by atoms with van der Waals surface area (Å²) < 4.78 is 5.19. The maximum absolute atomic E-state index is 6.05. The maximum atomic E-state index is 6.05. The number of anilines is 1. The van der Waals surface area contributed by atoms with E-state index in [-0.39, 0.29) is 0 Å². The summed E-state index contributed by atoms with van der Waals surface area (Å²) in [5.41, 5.74) is 11.1. The summed E-state index contributed by atoms with van der Waals surface area (Å²) in [6.45, 7) is 3.19. The van der Waals surface area contributed by atoms with Gasteiger partial charge in [-0.3, -0.25) is 4.90 Å². The van der Waals surface area contributed by atoms with Crippen molar-refractivity contribution >= 4 is 5.69 Å². The highest BCUT2D eigenvalue weighted by molar-refractivity contribution is 5.51. The fourth-order valence-corrected chi connectivity index (χ4v) is 2.97. The zero-order valence-electron chi connectivity index (χ0n) is 12.5. The highest BCUT2D eigenvalue weighted by Crippen LogP contribution is 2.24. The van der Waals surface area contributed by atoms with Gasteiger partial charge in [0.25, 0.3) is 0 Å². The fraction of sp³-hybridized carbons (Fsp3) is 0.333. The van der Waals surface area contributed by atoms with Crippen LogP contribution in [0.4, 0.5) is 5.69 Å². The van der Waals surface area contributed by atoms with Crippen molar-refractivity contribution in [2.45, 2.75) is 19.4 Å². The Morgan fingerprint density at radius 3 is 2.71 bits per heavy atom. The van der Waals surface area contributed by atoms with E-state index in [4.69, 9.17) is 10.5 Å². The van der Waals surface area contributed by atoms with Gasteiger partial charge in [0, 0.05) is 25.3 Å². The highest BCUT2D eigenvalue weighted by atomic mass is 16.5. The number of nitrogens with zero attached hydrogens (tertiary/aromatic N) is 1. The van der Waals surface area contributed by atoms with E-state index in [2.05, 4.69) is 29.2 Å². The average molecular weight is 282 g/mol.